The number of nitrogens with zero attached hydrogens (tertiary/aromatic N) is 2. The molecule has 0 spiro atoms. The van der Waals surface area contributed by atoms with Crippen molar-refractivity contribution < 1.29 is 0 Å². The van der Waals surface area contributed by atoms with E-state index >= 15 is 0 Å². The third kappa shape index (κ3) is 3.46. The summed E-state index contributed by atoms with van der Waals surface area (Å²) < 4.78 is 0. The second-order valence-corrected chi connectivity index (χ2v) is 6.72. The molecule has 1 N–H and O–H groups in total. The summed E-state index contributed by atoms with van der Waals surface area (Å²) >= 11 is 0. The minimum atomic E-state index is 0.680. The lowest BCUT2D eigenvalue weighted by Gasteiger charge is -2.46. The molecule has 0 amide bonds. The molecule has 2 fully saturated rings. The predicted molar refractivity (Wildman–Crippen MR) is 77.9 cm³/mol. The second-order valence-electron chi connectivity index (χ2n) is 6.72. The van der Waals surface area contributed by atoms with Gasteiger partial charge in [-0.3, -0.25) is 9.80 Å². The molecule has 2 rings (SSSR count). The van der Waals surface area contributed by atoms with Gasteiger partial charge in [0.15, 0.2) is 0 Å². The van der Waals surface area contributed by atoms with Crippen LogP contribution in [0.3, 0.4) is 0 Å². The Balaban J connectivity index is 1.81. The standard InChI is InChI=1S/C15H31N3/c1-11(8-16-15-6-7-15)14(4)18-9-12(2)17(5)13(3)10-18/h11-16H,6-10H2,1-5H3. The van der Waals surface area contributed by atoms with Crippen LogP contribution in [0.15, 0.2) is 0 Å². The van der Waals surface area contributed by atoms with Crippen LogP contribution < -0.4 is 5.32 Å². The molecular formula is C15H31N3. The van der Waals surface area contributed by atoms with Gasteiger partial charge in [-0.1, -0.05) is 6.92 Å². The topological polar surface area (TPSA) is 18.5 Å². The first-order valence-electron chi connectivity index (χ1n) is 7.68. The van der Waals surface area contributed by atoms with Gasteiger partial charge in [0, 0.05) is 37.3 Å². The van der Waals surface area contributed by atoms with Crippen LogP contribution in [0.2, 0.25) is 0 Å². The molecule has 1 heterocycles. The smallest absolute Gasteiger partial charge is 0.0195 e. The molecule has 4 unspecified atom stereocenters. The molecular weight excluding hydrogens is 222 g/mol. The molecule has 1 saturated carbocycles. The maximum absolute atomic E-state index is 3.67. The van der Waals surface area contributed by atoms with Gasteiger partial charge in [-0.05, 0) is 53.1 Å². The third-order valence-electron chi connectivity index (χ3n) is 5.09. The van der Waals surface area contributed by atoms with Gasteiger partial charge < -0.3 is 5.32 Å². The van der Waals surface area contributed by atoms with E-state index in [4.69, 9.17) is 0 Å². The van der Waals surface area contributed by atoms with Crippen molar-refractivity contribution in [2.75, 3.05) is 26.7 Å². The second kappa shape index (κ2) is 5.89. The van der Waals surface area contributed by atoms with Gasteiger partial charge in [-0.15, -0.1) is 0 Å². The van der Waals surface area contributed by atoms with Crippen molar-refractivity contribution in [2.24, 2.45) is 5.92 Å². The Kier molecular flexibility index (Phi) is 4.68. The van der Waals surface area contributed by atoms with E-state index in [0.29, 0.717) is 18.1 Å². The van der Waals surface area contributed by atoms with Crippen LogP contribution in [0.4, 0.5) is 0 Å². The van der Waals surface area contributed by atoms with E-state index in [9.17, 15) is 0 Å². The highest BCUT2D eigenvalue weighted by molar-refractivity contribution is 4.88. The van der Waals surface area contributed by atoms with Crippen molar-refractivity contribution in [3.8, 4) is 0 Å². The van der Waals surface area contributed by atoms with Crippen molar-refractivity contribution in [1.82, 2.24) is 15.1 Å². The summed E-state index contributed by atoms with van der Waals surface area (Å²) in [4.78, 5) is 5.20. The number of piperazine rings is 1. The lowest BCUT2D eigenvalue weighted by atomic mass is 9.98. The van der Waals surface area contributed by atoms with E-state index in [0.717, 1.165) is 12.0 Å². The fraction of sp³-hybridized carbons (Fsp3) is 1.00. The molecule has 18 heavy (non-hydrogen) atoms. The van der Waals surface area contributed by atoms with Crippen LogP contribution in [0.25, 0.3) is 0 Å². The third-order valence-corrected chi connectivity index (χ3v) is 5.09. The maximum atomic E-state index is 3.67. The average molecular weight is 253 g/mol. The number of hydrogen-bond acceptors (Lipinski definition) is 3. The molecule has 1 saturated heterocycles. The molecule has 0 bridgehead atoms. The summed E-state index contributed by atoms with van der Waals surface area (Å²) in [6.45, 7) is 13.1. The zero-order chi connectivity index (χ0) is 13.3. The van der Waals surface area contributed by atoms with Crippen LogP contribution in [-0.2, 0) is 0 Å². The predicted octanol–water partition coefficient (Wildman–Crippen LogP) is 1.79. The van der Waals surface area contributed by atoms with Crippen molar-refractivity contribution in [2.45, 2.75) is 64.7 Å². The molecule has 2 aliphatic rings. The van der Waals surface area contributed by atoms with Crippen molar-refractivity contribution in [3.05, 3.63) is 0 Å². The quantitative estimate of drug-likeness (QED) is 0.806. The lowest BCUT2D eigenvalue weighted by Crippen LogP contribution is -2.58. The zero-order valence-electron chi connectivity index (χ0n) is 12.8. The van der Waals surface area contributed by atoms with Gasteiger partial charge >= 0.3 is 0 Å². The summed E-state index contributed by atoms with van der Waals surface area (Å²) in [6.07, 6.45) is 2.79. The van der Waals surface area contributed by atoms with Gasteiger partial charge in [0.25, 0.3) is 0 Å². The Hall–Kier alpha value is -0.120. The van der Waals surface area contributed by atoms with Crippen LogP contribution in [0, 0.1) is 5.92 Å². The molecule has 0 aromatic heterocycles. The SMILES string of the molecule is CC(CNC1CC1)C(C)N1CC(C)N(C)C(C)C1. The van der Waals surface area contributed by atoms with Gasteiger partial charge in [0.1, 0.15) is 0 Å². The maximum Gasteiger partial charge on any atom is 0.0195 e. The van der Waals surface area contributed by atoms with Gasteiger partial charge in [-0.2, -0.15) is 0 Å². The van der Waals surface area contributed by atoms with Crippen LogP contribution >= 0.6 is 0 Å². The van der Waals surface area contributed by atoms with Crippen LogP contribution in [-0.4, -0.2) is 60.6 Å². The Morgan fingerprint density at radius 2 is 1.67 bits per heavy atom. The molecule has 1 aliphatic heterocycles. The number of hydrogen-bond donors (Lipinski definition) is 1. The molecule has 3 nitrogen and oxygen atoms in total. The van der Waals surface area contributed by atoms with Gasteiger partial charge in [0.05, 0.1) is 0 Å². The average Bonchev–Trinajstić information content (AvgIpc) is 3.15. The molecule has 0 aromatic rings. The molecule has 0 radical (unpaired) electrons. The summed E-state index contributed by atoms with van der Waals surface area (Å²) in [7, 11) is 2.26. The Labute approximate surface area is 113 Å². The van der Waals surface area contributed by atoms with Crippen molar-refractivity contribution in [3.63, 3.8) is 0 Å². The highest BCUT2D eigenvalue weighted by Crippen LogP contribution is 2.22. The van der Waals surface area contributed by atoms with Gasteiger partial charge in [-0.25, -0.2) is 0 Å². The number of likely N-dealkylation sites (N-methyl/N-ethyl adjacent to an activating group) is 1. The molecule has 1 aliphatic carbocycles. The lowest BCUT2D eigenvalue weighted by molar-refractivity contribution is 0.0241. The molecule has 106 valence electrons. The van der Waals surface area contributed by atoms with Crippen molar-refractivity contribution >= 4 is 0 Å². The molecule has 3 heteroatoms. The van der Waals surface area contributed by atoms with Crippen LogP contribution in [0.5, 0.6) is 0 Å². The van der Waals surface area contributed by atoms with E-state index in [1.54, 1.807) is 0 Å². The molecule has 0 aromatic carbocycles. The fourth-order valence-electron chi connectivity index (χ4n) is 2.95. The van der Waals surface area contributed by atoms with E-state index < -0.39 is 0 Å². The summed E-state index contributed by atoms with van der Waals surface area (Å²) in [5, 5.41) is 3.67. The first-order valence-corrected chi connectivity index (χ1v) is 7.68. The van der Waals surface area contributed by atoms with E-state index in [1.807, 2.05) is 0 Å². The minimum Gasteiger partial charge on any atom is -0.314 e. The zero-order valence-corrected chi connectivity index (χ0v) is 12.8. The minimum absolute atomic E-state index is 0.680. The van der Waals surface area contributed by atoms with E-state index in [2.05, 4.69) is 49.9 Å². The van der Waals surface area contributed by atoms with Crippen LogP contribution in [0.1, 0.15) is 40.5 Å². The monoisotopic (exact) mass is 253 g/mol. The summed E-state index contributed by atoms with van der Waals surface area (Å²) in [6, 6.07) is 2.89. The highest BCUT2D eigenvalue weighted by atomic mass is 15.3. The first-order chi connectivity index (χ1) is 8.49. The summed E-state index contributed by atoms with van der Waals surface area (Å²) in [5.74, 6) is 0.744. The Morgan fingerprint density at radius 3 is 2.17 bits per heavy atom. The number of rotatable bonds is 5. The Morgan fingerprint density at radius 1 is 1.11 bits per heavy atom. The van der Waals surface area contributed by atoms with Crippen molar-refractivity contribution in [1.29, 1.82) is 0 Å². The normalized spacial score (nSPS) is 34.5. The number of nitrogens with one attached hydrogen (secondary N) is 1. The van der Waals surface area contributed by atoms with Gasteiger partial charge in [0.2, 0.25) is 0 Å². The summed E-state index contributed by atoms with van der Waals surface area (Å²) in [5.41, 5.74) is 0. The fourth-order valence-corrected chi connectivity index (χ4v) is 2.95. The van der Waals surface area contributed by atoms with E-state index in [-0.39, 0.29) is 0 Å². The largest absolute Gasteiger partial charge is 0.314 e. The highest BCUT2D eigenvalue weighted by Gasteiger charge is 2.31. The van der Waals surface area contributed by atoms with E-state index in [1.165, 1.54) is 32.5 Å². The Bertz CT molecular complexity index is 252. The first kappa shape index (κ1) is 14.3. The molecule has 4 atom stereocenters.